The number of methoxy groups -OCH3 is 1. The Labute approximate surface area is 146 Å². The van der Waals surface area contributed by atoms with E-state index in [9.17, 15) is 14.7 Å². The highest BCUT2D eigenvalue weighted by Gasteiger charge is 2.34. The molecule has 3 rings (SSSR count). The summed E-state index contributed by atoms with van der Waals surface area (Å²) in [6.45, 7) is 2.82. The van der Waals surface area contributed by atoms with Gasteiger partial charge in [-0.25, -0.2) is 9.59 Å². The Morgan fingerprint density at radius 2 is 2.12 bits per heavy atom. The van der Waals surface area contributed by atoms with Crippen LogP contribution in [0, 0.1) is 6.92 Å². The molecule has 25 heavy (non-hydrogen) atoms. The standard InChI is InChI=1S/C20H21NO4/c1-13-6-5-8-14-7-3-4-11-21(18(13)14)17-10-9-15(20(23)24)19(25-2)16(17)12-22/h5-6,8-10,19H,3-4,7,11H2,1-2H3,(H,23,24). The van der Waals surface area contributed by atoms with Crippen LogP contribution in [-0.2, 0) is 20.7 Å². The van der Waals surface area contributed by atoms with E-state index in [1.54, 1.807) is 6.08 Å². The Bertz CT molecular complexity index is 815. The molecular formula is C20H21NO4. The summed E-state index contributed by atoms with van der Waals surface area (Å²) in [5.74, 6) is 0.840. The van der Waals surface area contributed by atoms with Crippen molar-refractivity contribution in [3.63, 3.8) is 0 Å². The maximum atomic E-state index is 11.7. The van der Waals surface area contributed by atoms with Gasteiger partial charge in [0.2, 0.25) is 0 Å². The molecule has 0 saturated carbocycles. The van der Waals surface area contributed by atoms with Crippen LogP contribution < -0.4 is 4.90 Å². The highest BCUT2D eigenvalue weighted by molar-refractivity contribution is 5.92. The highest BCUT2D eigenvalue weighted by atomic mass is 16.5. The van der Waals surface area contributed by atoms with E-state index in [2.05, 4.69) is 24.0 Å². The Morgan fingerprint density at radius 3 is 2.80 bits per heavy atom. The summed E-state index contributed by atoms with van der Waals surface area (Å²) in [5.41, 5.74) is 4.42. The number of carboxylic acid groups (broad SMARTS) is 1. The number of aryl methyl sites for hydroxylation is 2. The molecule has 130 valence electrons. The second-order valence-corrected chi connectivity index (χ2v) is 6.30. The normalized spacial score (nSPS) is 20.2. The molecule has 5 heteroatoms. The van der Waals surface area contributed by atoms with Gasteiger partial charge >= 0.3 is 5.97 Å². The number of hydrogen-bond acceptors (Lipinski definition) is 4. The first kappa shape index (κ1) is 17.2. The average Bonchev–Trinajstić information content (AvgIpc) is 2.83. The minimum Gasteiger partial charge on any atom is -0.478 e. The van der Waals surface area contributed by atoms with Crippen molar-refractivity contribution < 1.29 is 19.4 Å². The molecule has 0 saturated heterocycles. The van der Waals surface area contributed by atoms with Crippen LogP contribution in [0.3, 0.4) is 0 Å². The van der Waals surface area contributed by atoms with Crippen molar-refractivity contribution in [2.24, 2.45) is 0 Å². The quantitative estimate of drug-likeness (QED) is 0.858. The van der Waals surface area contributed by atoms with E-state index in [-0.39, 0.29) is 11.1 Å². The molecule has 0 aromatic heterocycles. The third kappa shape index (κ3) is 3.04. The molecule has 1 atom stereocenters. The van der Waals surface area contributed by atoms with Crippen LogP contribution in [0.2, 0.25) is 0 Å². The van der Waals surface area contributed by atoms with Crippen molar-refractivity contribution >= 4 is 17.6 Å². The fourth-order valence-electron chi connectivity index (χ4n) is 3.65. The van der Waals surface area contributed by atoms with Gasteiger partial charge in [0, 0.05) is 19.3 Å². The second-order valence-electron chi connectivity index (χ2n) is 6.30. The van der Waals surface area contributed by atoms with Gasteiger partial charge in [-0.2, -0.15) is 0 Å². The van der Waals surface area contributed by atoms with Gasteiger partial charge in [0.1, 0.15) is 12.0 Å². The molecule has 5 nitrogen and oxygen atoms in total. The van der Waals surface area contributed by atoms with Gasteiger partial charge in [-0.05, 0) is 49.5 Å². The summed E-state index contributed by atoms with van der Waals surface area (Å²) in [4.78, 5) is 25.3. The van der Waals surface area contributed by atoms with Crippen molar-refractivity contribution in [3.8, 4) is 0 Å². The number of anilines is 1. The van der Waals surface area contributed by atoms with E-state index in [4.69, 9.17) is 4.74 Å². The number of aliphatic carboxylic acids is 1. The number of para-hydroxylation sites is 1. The van der Waals surface area contributed by atoms with E-state index in [1.165, 1.54) is 18.7 Å². The van der Waals surface area contributed by atoms with Crippen LogP contribution in [0.1, 0.15) is 24.0 Å². The predicted octanol–water partition coefficient (Wildman–Crippen LogP) is 2.82. The van der Waals surface area contributed by atoms with E-state index < -0.39 is 12.1 Å². The van der Waals surface area contributed by atoms with Gasteiger partial charge in [-0.3, -0.25) is 0 Å². The van der Waals surface area contributed by atoms with Crippen molar-refractivity contribution in [3.05, 3.63) is 58.3 Å². The number of carbonyl (C=O) groups excluding carboxylic acids is 1. The fraction of sp³-hybridized carbons (Fsp3) is 0.350. The van der Waals surface area contributed by atoms with Gasteiger partial charge in [-0.1, -0.05) is 18.2 Å². The molecule has 1 unspecified atom stereocenters. The van der Waals surface area contributed by atoms with Crippen molar-refractivity contribution in [1.82, 2.24) is 0 Å². The first-order valence-corrected chi connectivity index (χ1v) is 8.37. The Hall–Kier alpha value is -2.62. The number of allylic oxidation sites excluding steroid dienone is 2. The van der Waals surface area contributed by atoms with Crippen molar-refractivity contribution in [2.75, 3.05) is 18.6 Å². The molecule has 0 radical (unpaired) electrons. The molecular weight excluding hydrogens is 318 g/mol. The molecule has 1 N–H and O–H groups in total. The minimum atomic E-state index is -1.10. The first-order chi connectivity index (χ1) is 12.1. The van der Waals surface area contributed by atoms with E-state index in [0.717, 1.165) is 37.1 Å². The molecule has 0 fully saturated rings. The fourth-order valence-corrected chi connectivity index (χ4v) is 3.65. The van der Waals surface area contributed by atoms with Crippen molar-refractivity contribution in [1.29, 1.82) is 0 Å². The lowest BCUT2D eigenvalue weighted by molar-refractivity contribution is -0.133. The highest BCUT2D eigenvalue weighted by Crippen LogP contribution is 2.37. The maximum absolute atomic E-state index is 11.7. The minimum absolute atomic E-state index is 0.0458. The topological polar surface area (TPSA) is 66.8 Å². The SMILES string of the molecule is COC1C(=C=O)C(N2CCCCc3cccc(C)c32)=CC=C1C(=O)O. The maximum Gasteiger partial charge on any atom is 0.334 e. The monoisotopic (exact) mass is 339 g/mol. The summed E-state index contributed by atoms with van der Waals surface area (Å²) in [7, 11) is 1.41. The average molecular weight is 339 g/mol. The van der Waals surface area contributed by atoms with Gasteiger partial charge in [0.05, 0.1) is 16.8 Å². The molecule has 1 aliphatic carbocycles. The molecule has 1 heterocycles. The number of carbonyl (C=O) groups is 1. The van der Waals surface area contributed by atoms with Crippen LogP contribution in [0.4, 0.5) is 5.69 Å². The number of ether oxygens (including phenoxy) is 1. The molecule has 0 bridgehead atoms. The van der Waals surface area contributed by atoms with E-state index in [0.29, 0.717) is 5.70 Å². The molecule has 0 spiro atoms. The molecule has 1 aromatic rings. The zero-order chi connectivity index (χ0) is 18.0. The number of nitrogens with zero attached hydrogens (tertiary/aromatic N) is 1. The zero-order valence-corrected chi connectivity index (χ0v) is 14.4. The smallest absolute Gasteiger partial charge is 0.334 e. The summed E-state index contributed by atoms with van der Waals surface area (Å²) >= 11 is 0. The van der Waals surface area contributed by atoms with Crippen LogP contribution in [0.5, 0.6) is 0 Å². The number of rotatable bonds is 3. The summed E-state index contributed by atoms with van der Waals surface area (Å²) < 4.78 is 5.32. The summed E-state index contributed by atoms with van der Waals surface area (Å²) in [6.07, 6.45) is 5.36. The number of benzene rings is 1. The molecule has 1 aliphatic heterocycles. The molecule has 1 aromatic carbocycles. The van der Waals surface area contributed by atoms with Crippen LogP contribution in [0.25, 0.3) is 0 Å². The first-order valence-electron chi connectivity index (χ1n) is 8.37. The number of fused-ring (bicyclic) bond motifs is 1. The zero-order valence-electron chi connectivity index (χ0n) is 14.4. The number of carboxylic acids is 1. The lowest BCUT2D eigenvalue weighted by Crippen LogP contribution is -2.34. The second kappa shape index (κ2) is 7.09. The van der Waals surface area contributed by atoms with E-state index in [1.807, 2.05) is 12.0 Å². The van der Waals surface area contributed by atoms with Gasteiger partial charge in [0.25, 0.3) is 0 Å². The molecule has 0 amide bonds. The van der Waals surface area contributed by atoms with Crippen LogP contribution in [-0.4, -0.2) is 36.8 Å². The Morgan fingerprint density at radius 1 is 1.32 bits per heavy atom. The van der Waals surface area contributed by atoms with Gasteiger partial charge in [-0.15, -0.1) is 0 Å². The van der Waals surface area contributed by atoms with Crippen LogP contribution in [0.15, 0.2) is 47.2 Å². The van der Waals surface area contributed by atoms with E-state index >= 15 is 0 Å². The predicted molar refractivity (Wildman–Crippen MR) is 95.3 cm³/mol. The van der Waals surface area contributed by atoms with Gasteiger partial charge < -0.3 is 14.7 Å². The Balaban J connectivity index is 2.15. The van der Waals surface area contributed by atoms with Crippen LogP contribution >= 0.6 is 0 Å². The lowest BCUT2D eigenvalue weighted by Gasteiger charge is -2.33. The largest absolute Gasteiger partial charge is 0.478 e. The molecule has 2 aliphatic rings. The van der Waals surface area contributed by atoms with Gasteiger partial charge in [0.15, 0.2) is 0 Å². The number of hydrogen-bond donors (Lipinski definition) is 1. The third-order valence-electron chi connectivity index (χ3n) is 4.79. The Kier molecular flexibility index (Phi) is 4.88. The summed E-state index contributed by atoms with van der Waals surface area (Å²) in [5, 5.41) is 9.36. The summed E-state index contributed by atoms with van der Waals surface area (Å²) in [6, 6.07) is 6.21. The third-order valence-corrected chi connectivity index (χ3v) is 4.79. The lowest BCUT2D eigenvalue weighted by atomic mass is 9.92. The van der Waals surface area contributed by atoms with Crippen molar-refractivity contribution in [2.45, 2.75) is 32.3 Å².